The second kappa shape index (κ2) is 4.62. The number of anilines is 1. The van der Waals surface area contributed by atoms with Crippen molar-refractivity contribution >= 4 is 30.6 Å². The summed E-state index contributed by atoms with van der Waals surface area (Å²) in [5, 5.41) is 0. The summed E-state index contributed by atoms with van der Waals surface area (Å²) in [5.74, 6) is 0. The lowest BCUT2D eigenvalue weighted by Crippen LogP contribution is -2.37. The third-order valence-electron chi connectivity index (χ3n) is 1.76. The average molecular weight is 228 g/mol. The molecule has 1 amide bonds. The molecule has 0 aromatic heterocycles. The number of hydrogen-bond donors (Lipinski definition) is 0. The molecule has 14 heavy (non-hydrogen) atoms. The van der Waals surface area contributed by atoms with Crippen molar-refractivity contribution in [3.8, 4) is 0 Å². The second-order valence-corrected chi connectivity index (χ2v) is 10.6. The molecular formula is C10H14ClNOSi. The number of benzene rings is 1. The van der Waals surface area contributed by atoms with Gasteiger partial charge in [0.1, 0.15) is 0 Å². The van der Waals surface area contributed by atoms with Gasteiger partial charge in [-0.25, -0.2) is 0 Å². The maximum Gasteiger partial charge on any atom is 0.213 e. The molecule has 0 saturated heterocycles. The molecule has 0 aliphatic rings. The molecule has 0 aliphatic heterocycles. The molecule has 0 radical (unpaired) electrons. The number of carbonyl (C=O) groups excluding carboxylic acids is 1. The first-order valence-electron chi connectivity index (χ1n) is 4.49. The lowest BCUT2D eigenvalue weighted by atomic mass is 10.3. The minimum atomic E-state index is -1.76. The van der Waals surface area contributed by atoms with E-state index in [0.717, 1.165) is 12.1 Å². The van der Waals surface area contributed by atoms with Crippen molar-refractivity contribution in [3.63, 3.8) is 0 Å². The van der Waals surface area contributed by atoms with Gasteiger partial charge in [-0.2, -0.15) is 11.1 Å². The fourth-order valence-electron chi connectivity index (χ4n) is 1.21. The Morgan fingerprint density at radius 2 is 1.93 bits per heavy atom. The van der Waals surface area contributed by atoms with Crippen molar-refractivity contribution in [1.29, 1.82) is 0 Å². The van der Waals surface area contributed by atoms with Crippen molar-refractivity contribution in [3.05, 3.63) is 30.3 Å². The summed E-state index contributed by atoms with van der Waals surface area (Å²) in [6.45, 7) is 4.04. The number of halogens is 1. The predicted octanol–water partition coefficient (Wildman–Crippen LogP) is 2.63. The van der Waals surface area contributed by atoms with Crippen LogP contribution >= 0.6 is 11.1 Å². The largest absolute Gasteiger partial charge is 0.316 e. The molecule has 1 aromatic rings. The maximum absolute atomic E-state index is 10.9. The van der Waals surface area contributed by atoms with Crippen LogP contribution in [0.15, 0.2) is 30.3 Å². The van der Waals surface area contributed by atoms with Crippen molar-refractivity contribution in [2.75, 3.05) is 11.1 Å². The molecule has 0 atom stereocenters. The fourth-order valence-corrected chi connectivity index (χ4v) is 2.67. The Hall–Kier alpha value is -0.803. The molecule has 0 unspecified atom stereocenters. The van der Waals surface area contributed by atoms with Gasteiger partial charge in [0.25, 0.3) is 0 Å². The summed E-state index contributed by atoms with van der Waals surface area (Å²) in [5.41, 5.74) is 0.906. The molecule has 76 valence electrons. The summed E-state index contributed by atoms with van der Waals surface area (Å²) < 4.78 is 0. The van der Waals surface area contributed by atoms with Crippen LogP contribution in [0.1, 0.15) is 0 Å². The zero-order valence-electron chi connectivity index (χ0n) is 8.40. The van der Waals surface area contributed by atoms with Gasteiger partial charge in [0.2, 0.25) is 6.41 Å². The maximum atomic E-state index is 10.9. The van der Waals surface area contributed by atoms with E-state index in [-0.39, 0.29) is 0 Å². The summed E-state index contributed by atoms with van der Waals surface area (Å²) in [4.78, 5) is 12.5. The third-order valence-corrected chi connectivity index (χ3v) is 3.21. The van der Waals surface area contributed by atoms with E-state index >= 15 is 0 Å². The van der Waals surface area contributed by atoms with Crippen molar-refractivity contribution in [2.24, 2.45) is 0 Å². The van der Waals surface area contributed by atoms with E-state index in [1.54, 1.807) is 4.90 Å². The zero-order valence-corrected chi connectivity index (χ0v) is 10.2. The first-order valence-corrected chi connectivity index (χ1v) is 8.71. The number of hydrogen-bond acceptors (Lipinski definition) is 1. The molecule has 0 bridgehead atoms. The quantitative estimate of drug-likeness (QED) is 0.440. The van der Waals surface area contributed by atoms with Gasteiger partial charge in [-0.3, -0.25) is 4.79 Å². The molecule has 0 spiro atoms. The average Bonchev–Trinajstić information content (AvgIpc) is 2.14. The Bertz CT molecular complexity index is 297. The normalized spacial score (nSPS) is 11.1. The van der Waals surface area contributed by atoms with Crippen LogP contribution in [0.5, 0.6) is 0 Å². The van der Waals surface area contributed by atoms with Gasteiger partial charge in [-0.05, 0) is 12.1 Å². The fraction of sp³-hybridized carbons (Fsp3) is 0.300. The highest BCUT2D eigenvalue weighted by molar-refractivity contribution is 7.19. The molecule has 0 fully saturated rings. The molecule has 0 saturated carbocycles. The lowest BCUT2D eigenvalue weighted by Gasteiger charge is -2.23. The van der Waals surface area contributed by atoms with Crippen LogP contribution in [0, 0.1) is 0 Å². The van der Waals surface area contributed by atoms with Crippen LogP contribution in [0.4, 0.5) is 5.69 Å². The van der Waals surface area contributed by atoms with Crippen molar-refractivity contribution < 1.29 is 4.79 Å². The van der Waals surface area contributed by atoms with Crippen LogP contribution in [-0.2, 0) is 4.79 Å². The molecule has 1 aromatic carbocycles. The summed E-state index contributed by atoms with van der Waals surface area (Å²) >= 11 is 6.19. The third kappa shape index (κ3) is 3.52. The minimum absolute atomic E-state index is 0.641. The molecular weight excluding hydrogens is 214 g/mol. The Labute approximate surface area is 90.2 Å². The second-order valence-electron chi connectivity index (χ2n) is 3.79. The van der Waals surface area contributed by atoms with Gasteiger partial charge in [-0.15, -0.1) is 0 Å². The summed E-state index contributed by atoms with van der Waals surface area (Å²) in [6, 6.07) is 9.57. The highest BCUT2D eigenvalue weighted by Crippen LogP contribution is 2.16. The molecule has 4 heteroatoms. The Balaban J connectivity index is 2.78. The Kier molecular flexibility index (Phi) is 3.72. The summed E-state index contributed by atoms with van der Waals surface area (Å²) in [7, 11) is -1.76. The monoisotopic (exact) mass is 227 g/mol. The van der Waals surface area contributed by atoms with Gasteiger partial charge in [0.15, 0.2) is 7.38 Å². The zero-order chi connectivity index (χ0) is 10.6. The number of para-hydroxylation sites is 1. The van der Waals surface area contributed by atoms with Crippen LogP contribution in [-0.4, -0.2) is 20.0 Å². The van der Waals surface area contributed by atoms with Crippen LogP contribution in [0.3, 0.4) is 0 Å². The van der Waals surface area contributed by atoms with E-state index in [4.69, 9.17) is 11.1 Å². The number of rotatable bonds is 4. The van der Waals surface area contributed by atoms with Gasteiger partial charge >= 0.3 is 0 Å². The molecule has 0 heterocycles. The van der Waals surface area contributed by atoms with Crippen molar-refractivity contribution in [1.82, 2.24) is 0 Å². The Morgan fingerprint density at radius 1 is 1.36 bits per heavy atom. The van der Waals surface area contributed by atoms with Gasteiger partial charge in [0, 0.05) is 11.9 Å². The number of amides is 1. The van der Waals surface area contributed by atoms with E-state index in [2.05, 4.69) is 0 Å². The number of carbonyl (C=O) groups is 1. The van der Waals surface area contributed by atoms with Gasteiger partial charge in [-0.1, -0.05) is 31.3 Å². The minimum Gasteiger partial charge on any atom is -0.316 e. The molecule has 1 rings (SSSR count). The van der Waals surface area contributed by atoms with E-state index in [1.165, 1.54) is 0 Å². The lowest BCUT2D eigenvalue weighted by molar-refractivity contribution is -0.107. The SMILES string of the molecule is C[Si](C)(Cl)CN(C=O)c1ccccc1. The predicted molar refractivity (Wildman–Crippen MR) is 63.2 cm³/mol. The first kappa shape index (κ1) is 11.3. The van der Waals surface area contributed by atoms with Gasteiger partial charge < -0.3 is 4.90 Å². The van der Waals surface area contributed by atoms with Crippen LogP contribution < -0.4 is 4.90 Å². The highest BCUT2D eigenvalue weighted by Gasteiger charge is 2.21. The van der Waals surface area contributed by atoms with Crippen LogP contribution in [0.2, 0.25) is 13.1 Å². The smallest absolute Gasteiger partial charge is 0.213 e. The van der Waals surface area contributed by atoms with Gasteiger partial charge in [0.05, 0.1) is 0 Å². The molecule has 0 N–H and O–H groups in total. The topological polar surface area (TPSA) is 20.3 Å². The van der Waals surface area contributed by atoms with E-state index in [9.17, 15) is 4.79 Å². The molecule has 0 aliphatic carbocycles. The van der Waals surface area contributed by atoms with E-state index in [1.807, 2.05) is 43.4 Å². The Morgan fingerprint density at radius 3 is 2.36 bits per heavy atom. The van der Waals surface area contributed by atoms with E-state index < -0.39 is 7.38 Å². The molecule has 2 nitrogen and oxygen atoms in total. The van der Waals surface area contributed by atoms with Crippen molar-refractivity contribution in [2.45, 2.75) is 13.1 Å². The summed E-state index contributed by atoms with van der Waals surface area (Å²) in [6.07, 6.45) is 1.48. The number of nitrogens with zero attached hydrogens (tertiary/aromatic N) is 1. The first-order chi connectivity index (χ1) is 6.53. The van der Waals surface area contributed by atoms with E-state index in [0.29, 0.717) is 6.17 Å². The standard InChI is InChI=1S/C10H14ClNOSi/c1-14(2,11)9-12(8-13)10-6-4-3-5-7-10/h3-8H,9H2,1-2H3. The van der Waals surface area contributed by atoms with Crippen LogP contribution in [0.25, 0.3) is 0 Å². The highest BCUT2D eigenvalue weighted by atomic mass is 35.6.